The van der Waals surface area contributed by atoms with Crippen LogP contribution in [0, 0.1) is 5.41 Å². The molecule has 1 aliphatic rings. The number of hydrogen-bond acceptors (Lipinski definition) is 2. The Morgan fingerprint density at radius 2 is 2.33 bits per heavy atom. The van der Waals surface area contributed by atoms with Crippen molar-refractivity contribution in [1.29, 1.82) is 0 Å². The number of nitrogens with one attached hydrogen (secondary N) is 2. The van der Waals surface area contributed by atoms with Gasteiger partial charge >= 0.3 is 0 Å². The van der Waals surface area contributed by atoms with Crippen LogP contribution in [0.5, 0.6) is 0 Å². The van der Waals surface area contributed by atoms with E-state index in [2.05, 4.69) is 10.6 Å². The molecular weight excluding hydrogens is 216 g/mol. The molecule has 0 aromatic rings. The second-order valence-corrected chi connectivity index (χ2v) is 4.80. The first-order valence-electron chi connectivity index (χ1n) is 5.09. The second kappa shape index (κ2) is 4.84. The maximum atomic E-state index is 11.7. The van der Waals surface area contributed by atoms with Gasteiger partial charge in [-0.05, 0) is 20.3 Å². The highest BCUT2D eigenvalue weighted by Crippen LogP contribution is 2.17. The van der Waals surface area contributed by atoms with Crippen molar-refractivity contribution in [2.24, 2.45) is 5.41 Å². The molecule has 0 aromatic heterocycles. The maximum absolute atomic E-state index is 11.7. The van der Waals surface area contributed by atoms with E-state index in [9.17, 15) is 9.59 Å². The van der Waals surface area contributed by atoms with E-state index in [0.29, 0.717) is 19.4 Å². The lowest BCUT2D eigenvalue weighted by molar-refractivity contribution is -0.130. The standard InChI is InChI=1S/C10H17ClN2O2/c1-10(2,6-11)9(15)13-7-3-4-8(14)12-5-7/h7H,3-6H2,1-2H3,(H,12,14)(H,13,15). The van der Waals surface area contributed by atoms with Gasteiger partial charge in [0.2, 0.25) is 11.8 Å². The Labute approximate surface area is 94.7 Å². The van der Waals surface area contributed by atoms with Gasteiger partial charge in [-0.1, -0.05) is 0 Å². The average molecular weight is 233 g/mol. The minimum Gasteiger partial charge on any atom is -0.354 e. The molecule has 0 radical (unpaired) electrons. The van der Waals surface area contributed by atoms with Crippen LogP contribution < -0.4 is 10.6 Å². The van der Waals surface area contributed by atoms with E-state index >= 15 is 0 Å². The molecule has 0 aliphatic carbocycles. The highest BCUT2D eigenvalue weighted by Gasteiger charge is 2.29. The molecule has 1 heterocycles. The third kappa shape index (κ3) is 3.38. The zero-order chi connectivity index (χ0) is 11.5. The van der Waals surface area contributed by atoms with Gasteiger partial charge in [-0.25, -0.2) is 0 Å². The summed E-state index contributed by atoms with van der Waals surface area (Å²) in [6.07, 6.45) is 1.18. The third-order valence-corrected chi connectivity index (χ3v) is 3.22. The molecule has 0 saturated carbocycles. The average Bonchev–Trinajstić information content (AvgIpc) is 2.21. The molecule has 0 spiro atoms. The number of rotatable bonds is 3. The molecule has 1 atom stereocenters. The van der Waals surface area contributed by atoms with Crippen LogP contribution in [0.25, 0.3) is 0 Å². The lowest BCUT2D eigenvalue weighted by Gasteiger charge is -2.28. The summed E-state index contributed by atoms with van der Waals surface area (Å²) in [5.74, 6) is 0.286. The number of halogens is 1. The molecule has 1 fully saturated rings. The SMILES string of the molecule is CC(C)(CCl)C(=O)NC1CCC(=O)NC1. The van der Waals surface area contributed by atoms with Crippen molar-refractivity contribution in [2.45, 2.75) is 32.7 Å². The number of hydrogen-bond donors (Lipinski definition) is 2. The largest absolute Gasteiger partial charge is 0.354 e. The van der Waals surface area contributed by atoms with Crippen molar-refractivity contribution in [3.8, 4) is 0 Å². The molecule has 1 rings (SSSR count). The smallest absolute Gasteiger partial charge is 0.227 e. The van der Waals surface area contributed by atoms with Crippen LogP contribution in [-0.4, -0.2) is 30.3 Å². The monoisotopic (exact) mass is 232 g/mol. The first kappa shape index (κ1) is 12.3. The lowest BCUT2D eigenvalue weighted by Crippen LogP contribution is -2.51. The number of carbonyl (C=O) groups is 2. The Hall–Kier alpha value is -0.770. The van der Waals surface area contributed by atoms with Crippen LogP contribution in [0.3, 0.4) is 0 Å². The first-order valence-corrected chi connectivity index (χ1v) is 5.63. The van der Waals surface area contributed by atoms with Crippen molar-refractivity contribution < 1.29 is 9.59 Å². The van der Waals surface area contributed by atoms with Gasteiger partial charge in [0.1, 0.15) is 0 Å². The van der Waals surface area contributed by atoms with Gasteiger partial charge < -0.3 is 10.6 Å². The van der Waals surface area contributed by atoms with Crippen molar-refractivity contribution >= 4 is 23.4 Å². The second-order valence-electron chi connectivity index (χ2n) is 4.53. The molecule has 0 bridgehead atoms. The van der Waals surface area contributed by atoms with Crippen LogP contribution >= 0.6 is 11.6 Å². The van der Waals surface area contributed by atoms with Crippen LogP contribution in [0.15, 0.2) is 0 Å². The topological polar surface area (TPSA) is 58.2 Å². The van der Waals surface area contributed by atoms with Gasteiger partial charge in [-0.15, -0.1) is 11.6 Å². The first-order chi connectivity index (χ1) is 6.95. The lowest BCUT2D eigenvalue weighted by atomic mass is 9.94. The molecule has 1 unspecified atom stereocenters. The molecule has 2 N–H and O–H groups in total. The maximum Gasteiger partial charge on any atom is 0.227 e. The number of carbonyl (C=O) groups excluding carboxylic acids is 2. The summed E-state index contributed by atoms with van der Waals surface area (Å²) in [5.41, 5.74) is -0.553. The van der Waals surface area contributed by atoms with E-state index in [1.165, 1.54) is 0 Å². The Bertz CT molecular complexity index is 256. The Kier molecular flexibility index (Phi) is 3.97. The number of piperidine rings is 1. The highest BCUT2D eigenvalue weighted by molar-refractivity contribution is 6.19. The van der Waals surface area contributed by atoms with Crippen LogP contribution in [0.4, 0.5) is 0 Å². The fourth-order valence-electron chi connectivity index (χ4n) is 1.30. The van der Waals surface area contributed by atoms with E-state index in [0.717, 1.165) is 0 Å². The molecule has 86 valence electrons. The van der Waals surface area contributed by atoms with Crippen molar-refractivity contribution in [3.05, 3.63) is 0 Å². The van der Waals surface area contributed by atoms with Gasteiger partial charge in [0, 0.05) is 24.9 Å². The summed E-state index contributed by atoms with van der Waals surface area (Å²) in [4.78, 5) is 22.6. The van der Waals surface area contributed by atoms with Crippen LogP contribution in [0.1, 0.15) is 26.7 Å². The molecule has 0 aromatic carbocycles. The van der Waals surface area contributed by atoms with E-state index < -0.39 is 5.41 Å². The van der Waals surface area contributed by atoms with Gasteiger partial charge in [0.25, 0.3) is 0 Å². The van der Waals surface area contributed by atoms with E-state index in [4.69, 9.17) is 11.6 Å². The van der Waals surface area contributed by atoms with Crippen molar-refractivity contribution in [1.82, 2.24) is 10.6 Å². The molecule has 15 heavy (non-hydrogen) atoms. The predicted octanol–water partition coefficient (Wildman–Crippen LogP) is 0.646. The predicted molar refractivity (Wildman–Crippen MR) is 58.7 cm³/mol. The molecule has 5 heteroatoms. The van der Waals surface area contributed by atoms with Crippen LogP contribution in [-0.2, 0) is 9.59 Å². The Morgan fingerprint density at radius 3 is 2.80 bits per heavy atom. The normalized spacial score (nSPS) is 22.1. The van der Waals surface area contributed by atoms with E-state index in [-0.39, 0.29) is 23.7 Å². The zero-order valence-corrected chi connectivity index (χ0v) is 9.86. The fraction of sp³-hybridized carbons (Fsp3) is 0.800. The summed E-state index contributed by atoms with van der Waals surface area (Å²) in [7, 11) is 0. The van der Waals surface area contributed by atoms with Crippen molar-refractivity contribution in [2.75, 3.05) is 12.4 Å². The minimum absolute atomic E-state index is 0.0395. The highest BCUT2D eigenvalue weighted by atomic mass is 35.5. The third-order valence-electron chi connectivity index (χ3n) is 2.55. The quantitative estimate of drug-likeness (QED) is 0.702. The summed E-state index contributed by atoms with van der Waals surface area (Å²) in [6, 6.07) is 0.0395. The van der Waals surface area contributed by atoms with Gasteiger partial charge in [0.05, 0.1) is 5.41 Å². The number of alkyl halides is 1. The molecule has 1 aliphatic heterocycles. The molecule has 2 amide bonds. The van der Waals surface area contributed by atoms with E-state index in [1.54, 1.807) is 13.8 Å². The fourth-order valence-corrected chi connectivity index (χ4v) is 1.42. The van der Waals surface area contributed by atoms with Gasteiger partial charge in [-0.3, -0.25) is 9.59 Å². The molecule has 4 nitrogen and oxygen atoms in total. The van der Waals surface area contributed by atoms with E-state index in [1.807, 2.05) is 0 Å². The Morgan fingerprint density at radius 1 is 1.67 bits per heavy atom. The van der Waals surface area contributed by atoms with Crippen LogP contribution in [0.2, 0.25) is 0 Å². The number of amides is 2. The zero-order valence-electron chi connectivity index (χ0n) is 9.10. The van der Waals surface area contributed by atoms with Crippen molar-refractivity contribution in [3.63, 3.8) is 0 Å². The summed E-state index contributed by atoms with van der Waals surface area (Å²) in [5, 5.41) is 5.61. The summed E-state index contributed by atoms with van der Waals surface area (Å²) < 4.78 is 0. The summed E-state index contributed by atoms with van der Waals surface area (Å²) in [6.45, 7) is 4.12. The summed E-state index contributed by atoms with van der Waals surface area (Å²) >= 11 is 5.70. The Balaban J connectivity index is 2.42. The molecule has 1 saturated heterocycles. The molecular formula is C10H17ClN2O2. The van der Waals surface area contributed by atoms with Gasteiger partial charge in [-0.2, -0.15) is 0 Å². The van der Waals surface area contributed by atoms with Gasteiger partial charge in [0.15, 0.2) is 0 Å². The minimum atomic E-state index is -0.553.